The molecule has 0 bridgehead atoms. The molecule has 0 saturated heterocycles. The molecule has 6 heteroatoms. The van der Waals surface area contributed by atoms with E-state index in [0.29, 0.717) is 17.5 Å². The summed E-state index contributed by atoms with van der Waals surface area (Å²) in [5.41, 5.74) is 10.8. The second-order valence-corrected chi connectivity index (χ2v) is 15.6. The van der Waals surface area contributed by atoms with Crippen LogP contribution in [0, 0.1) is 0 Å². The summed E-state index contributed by atoms with van der Waals surface area (Å²) in [7, 11) is 0. The Labute approximate surface area is 349 Å². The van der Waals surface area contributed by atoms with Gasteiger partial charge >= 0.3 is 0 Å². The van der Waals surface area contributed by atoms with Crippen LogP contribution in [0.1, 0.15) is 0 Å². The van der Waals surface area contributed by atoms with Crippen molar-refractivity contribution in [1.82, 2.24) is 24.1 Å². The van der Waals surface area contributed by atoms with Crippen LogP contribution in [-0.2, 0) is 0 Å². The summed E-state index contributed by atoms with van der Waals surface area (Å²) in [6.07, 6.45) is 0. The molecule has 0 aliphatic heterocycles. The quantitative estimate of drug-likeness (QED) is 0.175. The summed E-state index contributed by atoms with van der Waals surface area (Å²) in [4.78, 5) is 15.8. The molecule has 4 heterocycles. The third-order valence-corrected chi connectivity index (χ3v) is 12.1. The molecule has 0 aliphatic rings. The summed E-state index contributed by atoms with van der Waals surface area (Å²) >= 11 is 0. The van der Waals surface area contributed by atoms with Gasteiger partial charge in [0.05, 0.1) is 27.8 Å². The minimum absolute atomic E-state index is 0.576. The molecule has 0 amide bonds. The summed E-state index contributed by atoms with van der Waals surface area (Å²) < 4.78 is 11.6. The van der Waals surface area contributed by atoms with Crippen molar-refractivity contribution in [2.45, 2.75) is 0 Å². The fraction of sp³-hybridized carbons (Fsp3) is 0. The fourth-order valence-electron chi connectivity index (χ4n) is 9.40. The molecule has 0 unspecified atom stereocenters. The number of hydrogen-bond donors (Lipinski definition) is 0. The lowest BCUT2D eigenvalue weighted by Crippen LogP contribution is -2.01. The smallest absolute Gasteiger partial charge is 0.164 e. The molecular weight excluding hydrogens is 747 g/mol. The third-order valence-electron chi connectivity index (χ3n) is 12.1. The van der Waals surface area contributed by atoms with Crippen LogP contribution in [-0.4, -0.2) is 24.1 Å². The highest BCUT2D eigenvalue weighted by Gasteiger charge is 2.23. The molecule has 0 saturated carbocycles. The Hall–Kier alpha value is -8.35. The number of aromatic nitrogens is 5. The van der Waals surface area contributed by atoms with E-state index in [1.807, 2.05) is 30.3 Å². The van der Waals surface area contributed by atoms with Gasteiger partial charge in [-0.3, -0.25) is 0 Å². The molecule has 0 N–H and O–H groups in total. The average Bonchev–Trinajstić information content (AvgIpc) is 3.99. The molecule has 61 heavy (non-hydrogen) atoms. The maximum absolute atomic E-state index is 6.92. The minimum atomic E-state index is 0.576. The molecule has 0 fully saturated rings. The van der Waals surface area contributed by atoms with E-state index >= 15 is 0 Å². The fourth-order valence-corrected chi connectivity index (χ4v) is 9.40. The van der Waals surface area contributed by atoms with E-state index < -0.39 is 0 Å². The second-order valence-electron chi connectivity index (χ2n) is 15.6. The third kappa shape index (κ3) is 5.12. The first kappa shape index (κ1) is 33.6. The zero-order chi connectivity index (χ0) is 40.0. The number of rotatable bonds is 5. The van der Waals surface area contributed by atoms with Crippen LogP contribution in [0.15, 0.2) is 205 Å². The van der Waals surface area contributed by atoms with Gasteiger partial charge in [0.15, 0.2) is 23.1 Å². The van der Waals surface area contributed by atoms with Gasteiger partial charge in [-0.25, -0.2) is 15.0 Å². The highest BCUT2D eigenvalue weighted by atomic mass is 16.3. The Morgan fingerprint density at radius 2 is 0.934 bits per heavy atom. The summed E-state index contributed by atoms with van der Waals surface area (Å²) in [6.45, 7) is 0. The van der Waals surface area contributed by atoms with Crippen molar-refractivity contribution in [1.29, 1.82) is 0 Å². The number of fused-ring (bicyclic) bond motifs is 10. The first-order valence-corrected chi connectivity index (χ1v) is 20.5. The Morgan fingerprint density at radius 3 is 1.70 bits per heavy atom. The van der Waals surface area contributed by atoms with Gasteiger partial charge in [0, 0.05) is 54.7 Å². The van der Waals surface area contributed by atoms with Crippen LogP contribution in [0.25, 0.3) is 122 Å². The van der Waals surface area contributed by atoms with Gasteiger partial charge in [0.25, 0.3) is 0 Å². The Kier molecular flexibility index (Phi) is 7.21. The van der Waals surface area contributed by atoms with E-state index in [1.54, 1.807) is 0 Å². The van der Waals surface area contributed by atoms with Crippen LogP contribution in [0.4, 0.5) is 0 Å². The molecule has 0 aliphatic carbocycles. The van der Waals surface area contributed by atoms with Crippen LogP contribution in [0.5, 0.6) is 0 Å². The highest BCUT2D eigenvalue weighted by molar-refractivity contribution is 6.18. The topological polar surface area (TPSA) is 61.7 Å². The van der Waals surface area contributed by atoms with Crippen molar-refractivity contribution in [3.63, 3.8) is 0 Å². The molecular formula is C55H33N5O. The number of para-hydroxylation sites is 4. The van der Waals surface area contributed by atoms with Gasteiger partial charge < -0.3 is 13.6 Å². The number of benzene rings is 9. The van der Waals surface area contributed by atoms with Gasteiger partial charge in [-0.05, 0) is 83.6 Å². The van der Waals surface area contributed by atoms with E-state index in [0.717, 1.165) is 77.5 Å². The SMILES string of the molecule is c1ccc(-c2nc(-c3ccc4c(c3)c3ccccc3n4-c3ccccc3)nc(-c3ccc(-n4c5ccccc5c5cc6ccccc6cc54)c4oc5ccccc5c34)n2)cc1. The van der Waals surface area contributed by atoms with Crippen LogP contribution in [0.3, 0.4) is 0 Å². The zero-order valence-corrected chi connectivity index (χ0v) is 32.7. The van der Waals surface area contributed by atoms with Crippen molar-refractivity contribution in [2.24, 2.45) is 0 Å². The lowest BCUT2D eigenvalue weighted by Gasteiger charge is -2.13. The van der Waals surface area contributed by atoms with E-state index in [4.69, 9.17) is 19.4 Å². The second kappa shape index (κ2) is 13.1. The van der Waals surface area contributed by atoms with Crippen molar-refractivity contribution in [3.05, 3.63) is 200 Å². The lowest BCUT2D eigenvalue weighted by molar-refractivity contribution is 0.666. The molecule has 6 nitrogen and oxygen atoms in total. The van der Waals surface area contributed by atoms with Crippen LogP contribution >= 0.6 is 0 Å². The predicted molar refractivity (Wildman–Crippen MR) is 250 cm³/mol. The zero-order valence-electron chi connectivity index (χ0n) is 32.7. The first-order chi connectivity index (χ1) is 30.2. The van der Waals surface area contributed by atoms with Crippen molar-refractivity contribution < 1.29 is 4.42 Å². The lowest BCUT2D eigenvalue weighted by atomic mass is 10.0. The molecule has 284 valence electrons. The van der Waals surface area contributed by atoms with Gasteiger partial charge in [0.2, 0.25) is 0 Å². The summed E-state index contributed by atoms with van der Waals surface area (Å²) in [6, 6.07) is 70.2. The monoisotopic (exact) mass is 779 g/mol. The van der Waals surface area contributed by atoms with Gasteiger partial charge in [-0.15, -0.1) is 0 Å². The van der Waals surface area contributed by atoms with Crippen molar-refractivity contribution in [3.8, 4) is 45.5 Å². The van der Waals surface area contributed by atoms with Gasteiger partial charge in [-0.1, -0.05) is 127 Å². The van der Waals surface area contributed by atoms with E-state index in [1.165, 1.54) is 26.9 Å². The van der Waals surface area contributed by atoms with E-state index in [2.05, 4.69) is 179 Å². The summed E-state index contributed by atoms with van der Waals surface area (Å²) in [5.74, 6) is 1.78. The number of furan rings is 1. The van der Waals surface area contributed by atoms with Gasteiger partial charge in [0.1, 0.15) is 5.58 Å². The van der Waals surface area contributed by atoms with E-state index in [-0.39, 0.29) is 0 Å². The maximum Gasteiger partial charge on any atom is 0.164 e. The molecule has 0 atom stereocenters. The number of nitrogens with zero attached hydrogens (tertiary/aromatic N) is 5. The van der Waals surface area contributed by atoms with Gasteiger partial charge in [-0.2, -0.15) is 0 Å². The van der Waals surface area contributed by atoms with E-state index in [9.17, 15) is 0 Å². The highest BCUT2D eigenvalue weighted by Crippen LogP contribution is 2.43. The Morgan fingerprint density at radius 1 is 0.361 bits per heavy atom. The number of hydrogen-bond acceptors (Lipinski definition) is 4. The average molecular weight is 780 g/mol. The minimum Gasteiger partial charge on any atom is -0.454 e. The molecule has 13 aromatic rings. The normalized spacial score (nSPS) is 11.9. The van der Waals surface area contributed by atoms with Crippen molar-refractivity contribution in [2.75, 3.05) is 0 Å². The molecule has 13 rings (SSSR count). The maximum atomic E-state index is 6.92. The first-order valence-electron chi connectivity index (χ1n) is 20.5. The molecule has 0 spiro atoms. The predicted octanol–water partition coefficient (Wildman–Crippen LogP) is 14.1. The molecule has 0 radical (unpaired) electrons. The summed E-state index contributed by atoms with van der Waals surface area (Å²) in [5, 5.41) is 9.04. The van der Waals surface area contributed by atoms with Crippen LogP contribution in [0.2, 0.25) is 0 Å². The van der Waals surface area contributed by atoms with Crippen molar-refractivity contribution >= 4 is 76.3 Å². The molecule has 4 aromatic heterocycles. The largest absolute Gasteiger partial charge is 0.454 e. The van der Waals surface area contributed by atoms with Crippen LogP contribution < -0.4 is 0 Å². The standard InChI is InChI=1S/C55H33N5O/c1-3-15-34(16-4-1)53-56-54(37-27-29-47-43(32-37)39-21-9-12-24-45(39)59(47)38-19-5-2-6-20-38)58-55(57-53)42-28-30-48(52-51(42)41-23-11-14-26-50(41)61-52)60-46-25-13-10-22-40(46)44-31-35-17-7-8-18-36(35)33-49(44)60/h1-33H. The molecule has 9 aromatic carbocycles. The Bertz CT molecular complexity index is 3880. The Balaban J connectivity index is 1.07.